The Hall–Kier alpha value is -2.83. The minimum absolute atomic E-state index is 0.176. The molecule has 0 saturated heterocycles. The van der Waals surface area contributed by atoms with Gasteiger partial charge in [-0.25, -0.2) is 0 Å². The molecular weight excluding hydrogens is 375 g/mol. The molecule has 0 radical (unpaired) electrons. The third kappa shape index (κ3) is 4.41. The van der Waals surface area contributed by atoms with Crippen LogP contribution in [0.1, 0.15) is 10.5 Å². The van der Waals surface area contributed by atoms with Crippen molar-refractivity contribution < 1.29 is 9.53 Å². The summed E-state index contributed by atoms with van der Waals surface area (Å²) in [7, 11) is 1.56. The highest BCUT2D eigenvalue weighted by Crippen LogP contribution is 2.27. The lowest BCUT2D eigenvalue weighted by molar-refractivity contribution is 0.102. The lowest BCUT2D eigenvalue weighted by atomic mass is 10.3. The van der Waals surface area contributed by atoms with Crippen molar-refractivity contribution in [1.29, 1.82) is 0 Å². The second-order valence-corrected chi connectivity index (χ2v) is 6.08. The predicted molar refractivity (Wildman–Crippen MR) is 103 cm³/mol. The summed E-state index contributed by atoms with van der Waals surface area (Å²) in [4.78, 5) is 12.3. The second-order valence-electron chi connectivity index (χ2n) is 5.24. The van der Waals surface area contributed by atoms with Crippen LogP contribution in [0, 0.1) is 0 Å². The quantitative estimate of drug-likeness (QED) is 0.656. The molecule has 6 nitrogen and oxygen atoms in total. The van der Waals surface area contributed by atoms with E-state index in [1.54, 1.807) is 61.7 Å². The molecule has 3 aromatic rings. The van der Waals surface area contributed by atoms with E-state index >= 15 is 0 Å². The van der Waals surface area contributed by atoms with Crippen LogP contribution >= 0.6 is 23.2 Å². The summed E-state index contributed by atoms with van der Waals surface area (Å²) < 4.78 is 5.12. The van der Waals surface area contributed by atoms with Crippen LogP contribution in [0.5, 0.6) is 5.75 Å². The van der Waals surface area contributed by atoms with E-state index in [0.717, 1.165) is 0 Å². The normalized spacial score (nSPS) is 10.3. The highest BCUT2D eigenvalue weighted by Gasteiger charge is 2.10. The molecule has 2 N–H and O–H groups in total. The van der Waals surface area contributed by atoms with E-state index in [-0.39, 0.29) is 11.6 Å². The number of hydrogen-bond donors (Lipinski definition) is 2. The van der Waals surface area contributed by atoms with Crippen LogP contribution in [0.25, 0.3) is 0 Å². The number of hydrogen-bond acceptors (Lipinski definition) is 5. The van der Waals surface area contributed by atoms with E-state index in [1.807, 2.05) is 0 Å². The summed E-state index contributed by atoms with van der Waals surface area (Å²) in [5.41, 5.74) is 1.38. The van der Waals surface area contributed by atoms with Crippen molar-refractivity contribution in [1.82, 2.24) is 10.2 Å². The molecule has 1 aromatic heterocycles. The molecule has 0 saturated carbocycles. The average Bonchev–Trinajstić information content (AvgIpc) is 2.65. The molecular formula is C18H14Cl2N4O2. The molecule has 0 atom stereocenters. The smallest absolute Gasteiger partial charge is 0.276 e. The van der Waals surface area contributed by atoms with Crippen molar-refractivity contribution in [2.24, 2.45) is 0 Å². The first kappa shape index (κ1) is 18.0. The minimum atomic E-state index is -0.377. The number of ether oxygens (including phenoxy) is 1. The third-order valence-electron chi connectivity index (χ3n) is 3.42. The van der Waals surface area contributed by atoms with Crippen LogP contribution in [0.4, 0.5) is 17.2 Å². The first-order chi connectivity index (χ1) is 12.5. The van der Waals surface area contributed by atoms with Gasteiger partial charge in [-0.3, -0.25) is 4.79 Å². The number of benzene rings is 2. The van der Waals surface area contributed by atoms with Crippen LogP contribution < -0.4 is 15.4 Å². The minimum Gasteiger partial charge on any atom is -0.497 e. The van der Waals surface area contributed by atoms with Crippen molar-refractivity contribution in [3.8, 4) is 5.75 Å². The number of amides is 1. The third-order valence-corrected chi connectivity index (χ3v) is 3.98. The summed E-state index contributed by atoms with van der Waals surface area (Å²) in [5, 5.41) is 14.7. The van der Waals surface area contributed by atoms with Gasteiger partial charge in [0.2, 0.25) is 0 Å². The molecule has 0 aliphatic carbocycles. The summed E-state index contributed by atoms with van der Waals surface area (Å²) in [5.74, 6) is 0.706. The van der Waals surface area contributed by atoms with Gasteiger partial charge in [0.25, 0.3) is 5.91 Å². The zero-order valence-electron chi connectivity index (χ0n) is 13.7. The van der Waals surface area contributed by atoms with E-state index in [1.165, 1.54) is 0 Å². The highest BCUT2D eigenvalue weighted by atomic mass is 35.5. The van der Waals surface area contributed by atoms with E-state index in [2.05, 4.69) is 20.8 Å². The Morgan fingerprint density at radius 1 is 1.04 bits per heavy atom. The van der Waals surface area contributed by atoms with Gasteiger partial charge in [0, 0.05) is 16.8 Å². The number of nitrogens with one attached hydrogen (secondary N) is 2. The maximum atomic E-state index is 12.3. The Morgan fingerprint density at radius 2 is 1.88 bits per heavy atom. The fourth-order valence-electron chi connectivity index (χ4n) is 2.15. The fraction of sp³-hybridized carbons (Fsp3) is 0.0556. The summed E-state index contributed by atoms with van der Waals surface area (Å²) in [6.07, 6.45) is 0. The molecule has 26 heavy (non-hydrogen) atoms. The van der Waals surface area contributed by atoms with Gasteiger partial charge >= 0.3 is 0 Å². The monoisotopic (exact) mass is 388 g/mol. The van der Waals surface area contributed by atoms with Gasteiger partial charge in [0.1, 0.15) is 5.75 Å². The number of halogens is 2. The first-order valence-electron chi connectivity index (χ1n) is 7.56. The van der Waals surface area contributed by atoms with Gasteiger partial charge in [-0.2, -0.15) is 0 Å². The summed E-state index contributed by atoms with van der Waals surface area (Å²) in [6, 6.07) is 15.3. The average molecular weight is 389 g/mol. The van der Waals surface area contributed by atoms with Crippen LogP contribution in [0.15, 0.2) is 54.6 Å². The number of carbonyl (C=O) groups excluding carboxylic acids is 1. The fourth-order valence-corrected chi connectivity index (χ4v) is 2.48. The molecule has 0 aliphatic heterocycles. The van der Waals surface area contributed by atoms with Crippen molar-refractivity contribution in [3.63, 3.8) is 0 Å². The topological polar surface area (TPSA) is 76.1 Å². The van der Waals surface area contributed by atoms with Crippen molar-refractivity contribution in [2.75, 3.05) is 17.7 Å². The molecule has 132 valence electrons. The maximum absolute atomic E-state index is 12.3. The number of rotatable bonds is 5. The Labute approximate surface area is 160 Å². The van der Waals surface area contributed by atoms with Crippen molar-refractivity contribution in [2.45, 2.75) is 0 Å². The molecule has 0 spiro atoms. The van der Waals surface area contributed by atoms with Crippen LogP contribution in [-0.4, -0.2) is 23.2 Å². The Kier molecular flexibility index (Phi) is 5.55. The molecule has 1 heterocycles. The largest absolute Gasteiger partial charge is 0.497 e. The van der Waals surface area contributed by atoms with E-state index in [9.17, 15) is 4.79 Å². The first-order valence-corrected chi connectivity index (χ1v) is 8.32. The highest BCUT2D eigenvalue weighted by molar-refractivity contribution is 6.35. The Balaban J connectivity index is 1.70. The number of aromatic nitrogens is 2. The van der Waals surface area contributed by atoms with E-state index in [4.69, 9.17) is 27.9 Å². The molecule has 0 bridgehead atoms. The zero-order chi connectivity index (χ0) is 18.5. The van der Waals surface area contributed by atoms with Gasteiger partial charge in [-0.15, -0.1) is 10.2 Å². The lowest BCUT2D eigenvalue weighted by Gasteiger charge is -2.09. The van der Waals surface area contributed by atoms with Gasteiger partial charge in [0.15, 0.2) is 11.5 Å². The molecule has 1 amide bonds. The predicted octanol–water partition coefficient (Wildman–Crippen LogP) is 4.79. The summed E-state index contributed by atoms with van der Waals surface area (Å²) in [6.45, 7) is 0. The number of methoxy groups -OCH3 is 1. The summed E-state index contributed by atoms with van der Waals surface area (Å²) >= 11 is 12.1. The second kappa shape index (κ2) is 8.03. The van der Waals surface area contributed by atoms with Gasteiger partial charge in [-0.05, 0) is 42.5 Å². The van der Waals surface area contributed by atoms with Gasteiger partial charge in [0.05, 0.1) is 17.8 Å². The molecule has 3 rings (SSSR count). The van der Waals surface area contributed by atoms with Crippen LogP contribution in [0.3, 0.4) is 0 Å². The van der Waals surface area contributed by atoms with Crippen molar-refractivity contribution >= 4 is 46.3 Å². The molecule has 2 aromatic carbocycles. The molecule has 0 aliphatic rings. The molecule has 0 unspecified atom stereocenters. The molecule has 8 heteroatoms. The molecule has 0 fully saturated rings. The van der Waals surface area contributed by atoms with Gasteiger partial charge < -0.3 is 15.4 Å². The van der Waals surface area contributed by atoms with Gasteiger partial charge in [-0.1, -0.05) is 29.3 Å². The van der Waals surface area contributed by atoms with Crippen molar-refractivity contribution in [3.05, 3.63) is 70.3 Å². The maximum Gasteiger partial charge on any atom is 0.276 e. The Morgan fingerprint density at radius 3 is 2.62 bits per heavy atom. The van der Waals surface area contributed by atoms with E-state index < -0.39 is 0 Å². The van der Waals surface area contributed by atoms with Crippen LogP contribution in [0.2, 0.25) is 10.0 Å². The SMILES string of the molecule is COc1cccc(NC(=O)c2ccc(Nc3cc(Cl)ccc3Cl)nn2)c1. The standard InChI is InChI=1S/C18H14Cl2N4O2/c1-26-13-4-2-3-12(10-13)21-18(25)15-7-8-17(24-23-15)22-16-9-11(19)5-6-14(16)20/h2-10H,1H3,(H,21,25)(H,22,24). The lowest BCUT2D eigenvalue weighted by Crippen LogP contribution is -2.14. The Bertz CT molecular complexity index is 933. The number of carbonyl (C=O) groups is 1. The number of nitrogens with zero attached hydrogens (tertiary/aromatic N) is 2. The zero-order valence-corrected chi connectivity index (χ0v) is 15.2. The van der Waals surface area contributed by atoms with Crippen LogP contribution in [-0.2, 0) is 0 Å². The number of anilines is 3. The van der Waals surface area contributed by atoms with E-state index in [0.29, 0.717) is 33.0 Å².